The van der Waals surface area contributed by atoms with Gasteiger partial charge in [0, 0.05) is 0 Å². The third kappa shape index (κ3) is 2.46. The van der Waals surface area contributed by atoms with Crippen molar-refractivity contribution in [2.75, 3.05) is 0 Å². The van der Waals surface area contributed by atoms with E-state index in [2.05, 4.69) is 0 Å². The Bertz CT molecular complexity index is 271. The predicted octanol–water partition coefficient (Wildman–Crippen LogP) is -0.428. The van der Waals surface area contributed by atoms with Gasteiger partial charge in [0.05, 0.1) is 6.42 Å². The summed E-state index contributed by atoms with van der Waals surface area (Å²) in [5.74, 6) is -0.782. The van der Waals surface area contributed by atoms with Gasteiger partial charge in [0.25, 0.3) is 0 Å². The second-order valence-corrected chi connectivity index (χ2v) is 2.56. The topological polar surface area (TPSA) is 37.3 Å². The lowest BCUT2D eigenvalue weighted by Crippen LogP contribution is -2.06. The Kier molecular flexibility index (Phi) is 2.31. The molecular formula is C8H9BO2. The molecule has 56 valence electrons. The maximum atomic E-state index is 10.3. The largest absolute Gasteiger partial charge is 0.481 e. The van der Waals surface area contributed by atoms with E-state index in [1.165, 1.54) is 0 Å². The van der Waals surface area contributed by atoms with E-state index in [0.717, 1.165) is 11.0 Å². The fraction of sp³-hybridized carbons (Fsp3) is 0.125. The van der Waals surface area contributed by atoms with Crippen LogP contribution in [0.25, 0.3) is 0 Å². The van der Waals surface area contributed by atoms with Crippen LogP contribution < -0.4 is 5.46 Å². The highest BCUT2D eigenvalue weighted by molar-refractivity contribution is 6.32. The lowest BCUT2D eigenvalue weighted by Gasteiger charge is -1.97. The molecule has 3 heteroatoms. The van der Waals surface area contributed by atoms with Gasteiger partial charge in [-0.2, -0.15) is 0 Å². The van der Waals surface area contributed by atoms with Gasteiger partial charge in [0.1, 0.15) is 7.85 Å². The lowest BCUT2D eigenvalue weighted by molar-refractivity contribution is -0.136. The van der Waals surface area contributed by atoms with E-state index in [9.17, 15) is 4.79 Å². The van der Waals surface area contributed by atoms with Crippen molar-refractivity contribution < 1.29 is 9.90 Å². The molecule has 0 saturated carbocycles. The molecule has 0 aliphatic carbocycles. The first-order valence-corrected chi connectivity index (χ1v) is 3.46. The van der Waals surface area contributed by atoms with Gasteiger partial charge in [-0.3, -0.25) is 4.79 Å². The number of carboxylic acids is 1. The van der Waals surface area contributed by atoms with E-state index < -0.39 is 5.97 Å². The molecule has 1 N–H and O–H groups in total. The number of aliphatic carboxylic acids is 1. The average Bonchev–Trinajstić information content (AvgIpc) is 1.85. The Morgan fingerprint density at radius 1 is 1.55 bits per heavy atom. The lowest BCUT2D eigenvalue weighted by atomic mass is 9.94. The van der Waals surface area contributed by atoms with Crippen LogP contribution in [0.15, 0.2) is 24.3 Å². The molecule has 0 fully saturated rings. The number of carboxylic acid groups (broad SMARTS) is 1. The minimum Gasteiger partial charge on any atom is -0.481 e. The minimum atomic E-state index is -0.782. The summed E-state index contributed by atoms with van der Waals surface area (Å²) in [6.45, 7) is 0. The highest BCUT2D eigenvalue weighted by Gasteiger charge is 1.98. The summed E-state index contributed by atoms with van der Waals surface area (Å²) in [7, 11) is 1.95. The molecule has 0 heterocycles. The van der Waals surface area contributed by atoms with Crippen molar-refractivity contribution in [3.63, 3.8) is 0 Å². The second kappa shape index (κ2) is 3.24. The van der Waals surface area contributed by atoms with Gasteiger partial charge < -0.3 is 5.11 Å². The fourth-order valence-electron chi connectivity index (χ4n) is 0.997. The fourth-order valence-corrected chi connectivity index (χ4v) is 0.997. The van der Waals surface area contributed by atoms with Crippen LogP contribution in [0.2, 0.25) is 0 Å². The Balaban J connectivity index is 2.79. The maximum absolute atomic E-state index is 10.3. The van der Waals surface area contributed by atoms with Crippen LogP contribution in [-0.4, -0.2) is 18.9 Å². The van der Waals surface area contributed by atoms with Crippen molar-refractivity contribution in [2.45, 2.75) is 6.42 Å². The standard InChI is InChI=1S/C8H9BO2/c9-7-3-1-2-6(4-7)5-8(10)11/h1-4H,5,9H2,(H,10,11). The zero-order valence-electron chi connectivity index (χ0n) is 6.37. The van der Waals surface area contributed by atoms with E-state index in [1.54, 1.807) is 0 Å². The first-order valence-electron chi connectivity index (χ1n) is 3.46. The molecule has 0 atom stereocenters. The van der Waals surface area contributed by atoms with Gasteiger partial charge in [-0.1, -0.05) is 29.7 Å². The normalized spacial score (nSPS) is 9.45. The van der Waals surface area contributed by atoms with Crippen LogP contribution in [0.1, 0.15) is 5.56 Å². The van der Waals surface area contributed by atoms with Crippen molar-refractivity contribution in [3.8, 4) is 0 Å². The van der Waals surface area contributed by atoms with Crippen LogP contribution in [0.5, 0.6) is 0 Å². The monoisotopic (exact) mass is 148 g/mol. The van der Waals surface area contributed by atoms with E-state index in [0.29, 0.717) is 0 Å². The molecular weight excluding hydrogens is 139 g/mol. The molecule has 0 aliphatic heterocycles. The zero-order chi connectivity index (χ0) is 8.27. The molecule has 0 spiro atoms. The number of carbonyl (C=O) groups is 1. The SMILES string of the molecule is Bc1cccc(CC(=O)O)c1. The highest BCUT2D eigenvalue weighted by atomic mass is 16.4. The molecule has 0 unspecified atom stereocenters. The number of benzene rings is 1. The molecule has 0 bridgehead atoms. The summed E-state index contributed by atoms with van der Waals surface area (Å²) in [4.78, 5) is 10.3. The molecule has 0 aliphatic rings. The first-order chi connectivity index (χ1) is 5.18. The van der Waals surface area contributed by atoms with E-state index >= 15 is 0 Å². The zero-order valence-corrected chi connectivity index (χ0v) is 6.37. The van der Waals surface area contributed by atoms with E-state index in [-0.39, 0.29) is 6.42 Å². The average molecular weight is 148 g/mol. The molecule has 0 aromatic heterocycles. The Morgan fingerprint density at radius 2 is 2.27 bits per heavy atom. The van der Waals surface area contributed by atoms with Crippen LogP contribution in [0.3, 0.4) is 0 Å². The highest BCUT2D eigenvalue weighted by Crippen LogP contribution is 1.96. The third-order valence-electron chi connectivity index (χ3n) is 1.44. The first kappa shape index (κ1) is 7.86. The van der Waals surface area contributed by atoms with Crippen LogP contribution in [0.4, 0.5) is 0 Å². The van der Waals surface area contributed by atoms with Gasteiger partial charge in [-0.05, 0) is 5.56 Å². The third-order valence-corrected chi connectivity index (χ3v) is 1.44. The maximum Gasteiger partial charge on any atom is 0.307 e. The van der Waals surface area contributed by atoms with E-state index in [1.807, 2.05) is 32.1 Å². The molecule has 11 heavy (non-hydrogen) atoms. The summed E-state index contributed by atoms with van der Waals surface area (Å²) < 4.78 is 0. The van der Waals surface area contributed by atoms with Crippen molar-refractivity contribution >= 4 is 19.3 Å². The molecule has 1 aromatic carbocycles. The molecule has 0 radical (unpaired) electrons. The Hall–Kier alpha value is -1.25. The molecule has 2 nitrogen and oxygen atoms in total. The number of rotatable bonds is 2. The molecule has 1 aromatic rings. The summed E-state index contributed by atoms with van der Waals surface area (Å²) in [5, 5.41) is 8.46. The van der Waals surface area contributed by atoms with Crippen LogP contribution in [0, 0.1) is 0 Å². The molecule has 1 rings (SSSR count). The van der Waals surface area contributed by atoms with Crippen LogP contribution in [-0.2, 0) is 11.2 Å². The van der Waals surface area contributed by atoms with Gasteiger partial charge in [0.2, 0.25) is 0 Å². The molecule has 0 amide bonds. The number of hydrogen-bond acceptors (Lipinski definition) is 1. The minimum absolute atomic E-state index is 0.113. The van der Waals surface area contributed by atoms with Crippen molar-refractivity contribution in [1.82, 2.24) is 0 Å². The smallest absolute Gasteiger partial charge is 0.307 e. The summed E-state index contributed by atoms with van der Waals surface area (Å²) in [5.41, 5.74) is 1.96. The molecule has 0 saturated heterocycles. The van der Waals surface area contributed by atoms with Gasteiger partial charge >= 0.3 is 5.97 Å². The summed E-state index contributed by atoms with van der Waals surface area (Å²) in [6, 6.07) is 7.52. The van der Waals surface area contributed by atoms with Crippen molar-refractivity contribution in [1.29, 1.82) is 0 Å². The predicted molar refractivity (Wildman–Crippen MR) is 46.0 cm³/mol. The van der Waals surface area contributed by atoms with Gasteiger partial charge in [-0.15, -0.1) is 0 Å². The van der Waals surface area contributed by atoms with Crippen molar-refractivity contribution in [2.24, 2.45) is 0 Å². The number of hydrogen-bond donors (Lipinski definition) is 1. The Morgan fingerprint density at radius 3 is 2.82 bits per heavy atom. The summed E-state index contributed by atoms with van der Waals surface area (Å²) >= 11 is 0. The summed E-state index contributed by atoms with van der Waals surface area (Å²) in [6.07, 6.45) is 0.113. The van der Waals surface area contributed by atoms with Gasteiger partial charge in [-0.25, -0.2) is 0 Å². The van der Waals surface area contributed by atoms with Crippen LogP contribution >= 0.6 is 0 Å². The Labute approximate surface area is 66.3 Å². The van der Waals surface area contributed by atoms with Gasteiger partial charge in [0.15, 0.2) is 0 Å². The quantitative estimate of drug-likeness (QED) is 0.578. The second-order valence-electron chi connectivity index (χ2n) is 2.56. The van der Waals surface area contributed by atoms with E-state index in [4.69, 9.17) is 5.11 Å². The van der Waals surface area contributed by atoms with Crippen molar-refractivity contribution in [3.05, 3.63) is 29.8 Å².